The minimum Gasteiger partial charge on any atom is -0.494 e. The number of carbonyl (C=O) groups excluding carboxylic acids is 1. The molecule has 0 spiro atoms. The van der Waals surface area contributed by atoms with E-state index in [4.69, 9.17) is 9.47 Å². The van der Waals surface area contributed by atoms with Crippen LogP contribution in [-0.2, 0) is 6.61 Å². The van der Waals surface area contributed by atoms with Crippen LogP contribution in [0.3, 0.4) is 0 Å². The Morgan fingerprint density at radius 3 is 2.17 bits per heavy atom. The van der Waals surface area contributed by atoms with E-state index in [2.05, 4.69) is 41.7 Å². The van der Waals surface area contributed by atoms with Gasteiger partial charge < -0.3 is 9.47 Å². The summed E-state index contributed by atoms with van der Waals surface area (Å²) in [6.45, 7) is 5.08. The lowest BCUT2D eigenvalue weighted by Gasteiger charge is -2.07. The van der Waals surface area contributed by atoms with Gasteiger partial charge in [-0.3, -0.25) is 4.79 Å². The summed E-state index contributed by atoms with van der Waals surface area (Å²) >= 11 is 0. The van der Waals surface area contributed by atoms with Crippen molar-refractivity contribution in [1.29, 1.82) is 0 Å². The molecule has 1 amide bonds. The van der Waals surface area contributed by atoms with E-state index in [0.717, 1.165) is 22.6 Å². The van der Waals surface area contributed by atoms with Crippen LogP contribution >= 0.6 is 0 Å². The van der Waals surface area contributed by atoms with Gasteiger partial charge in [0.15, 0.2) is 0 Å². The van der Waals surface area contributed by atoms with Gasteiger partial charge in [-0.1, -0.05) is 29.8 Å². The molecule has 1 N–H and O–H groups in total. The number of aryl methyl sites for hydroxylation is 1. The predicted octanol–water partition coefficient (Wildman–Crippen LogP) is 4.74. The van der Waals surface area contributed by atoms with Crippen LogP contribution in [0.1, 0.15) is 34.0 Å². The predicted molar refractivity (Wildman–Crippen MR) is 115 cm³/mol. The number of hydrogen-bond acceptors (Lipinski definition) is 4. The first-order valence-electron chi connectivity index (χ1n) is 9.48. The van der Waals surface area contributed by atoms with Crippen molar-refractivity contribution < 1.29 is 14.3 Å². The molecule has 0 unspecified atom stereocenters. The van der Waals surface area contributed by atoms with Crippen molar-refractivity contribution in [2.24, 2.45) is 5.10 Å². The largest absolute Gasteiger partial charge is 0.494 e. The molecule has 0 aromatic heterocycles. The molecule has 5 heteroatoms. The van der Waals surface area contributed by atoms with Crippen LogP contribution in [0, 0.1) is 6.92 Å². The number of rotatable bonds is 8. The van der Waals surface area contributed by atoms with Crippen molar-refractivity contribution in [3.8, 4) is 11.5 Å². The number of hydrazone groups is 1. The fraction of sp³-hybridized carbons (Fsp3) is 0.167. The summed E-state index contributed by atoms with van der Waals surface area (Å²) in [4.78, 5) is 12.1. The summed E-state index contributed by atoms with van der Waals surface area (Å²) in [6.07, 6.45) is 1.59. The Hall–Kier alpha value is -3.60. The third-order valence-electron chi connectivity index (χ3n) is 4.21. The number of nitrogens with zero attached hydrogens (tertiary/aromatic N) is 1. The van der Waals surface area contributed by atoms with E-state index in [1.165, 1.54) is 5.56 Å². The topological polar surface area (TPSA) is 59.9 Å². The Bertz CT molecular complexity index is 947. The summed E-state index contributed by atoms with van der Waals surface area (Å²) in [7, 11) is 0. The molecule has 0 fully saturated rings. The zero-order chi connectivity index (χ0) is 20.5. The Labute approximate surface area is 171 Å². The lowest BCUT2D eigenvalue weighted by Crippen LogP contribution is -2.17. The van der Waals surface area contributed by atoms with Crippen LogP contribution in [0.2, 0.25) is 0 Å². The van der Waals surface area contributed by atoms with E-state index in [-0.39, 0.29) is 5.91 Å². The molecule has 3 aromatic carbocycles. The van der Waals surface area contributed by atoms with Gasteiger partial charge in [0, 0.05) is 5.56 Å². The summed E-state index contributed by atoms with van der Waals surface area (Å²) in [6, 6.07) is 22.7. The third kappa shape index (κ3) is 6.21. The first-order valence-corrected chi connectivity index (χ1v) is 9.48. The van der Waals surface area contributed by atoms with E-state index < -0.39 is 0 Å². The van der Waals surface area contributed by atoms with Gasteiger partial charge in [-0.15, -0.1) is 0 Å². The van der Waals surface area contributed by atoms with Crippen molar-refractivity contribution in [3.05, 3.63) is 95.1 Å². The average Bonchev–Trinajstić information content (AvgIpc) is 2.75. The first kappa shape index (κ1) is 20.1. The fourth-order valence-electron chi connectivity index (χ4n) is 2.60. The third-order valence-corrected chi connectivity index (χ3v) is 4.21. The molecule has 0 saturated carbocycles. The Balaban J connectivity index is 1.49. The van der Waals surface area contributed by atoms with Crippen molar-refractivity contribution in [2.75, 3.05) is 6.61 Å². The van der Waals surface area contributed by atoms with Gasteiger partial charge >= 0.3 is 0 Å². The molecule has 0 aliphatic carbocycles. The van der Waals surface area contributed by atoms with Gasteiger partial charge in [-0.2, -0.15) is 5.10 Å². The minimum atomic E-state index is -0.276. The average molecular weight is 388 g/mol. The van der Waals surface area contributed by atoms with E-state index in [0.29, 0.717) is 18.8 Å². The maximum Gasteiger partial charge on any atom is 0.271 e. The van der Waals surface area contributed by atoms with Gasteiger partial charge in [0.1, 0.15) is 18.1 Å². The normalized spacial score (nSPS) is 10.7. The fourth-order valence-corrected chi connectivity index (χ4v) is 2.60. The molecular formula is C24H24N2O3. The number of carbonyl (C=O) groups is 1. The van der Waals surface area contributed by atoms with E-state index in [9.17, 15) is 4.79 Å². The molecule has 0 atom stereocenters. The maximum atomic E-state index is 12.1. The standard InChI is InChI=1S/C24H24N2O3/c1-3-28-22-14-10-21(11-15-22)24(27)26-25-16-19-8-12-23(13-9-19)29-17-20-6-4-18(2)5-7-20/h4-16H,3,17H2,1-2H3,(H,26,27)/b25-16-. The van der Waals surface area contributed by atoms with Crippen LogP contribution in [0.5, 0.6) is 11.5 Å². The molecule has 0 aliphatic heterocycles. The van der Waals surface area contributed by atoms with Crippen molar-refractivity contribution in [2.45, 2.75) is 20.5 Å². The lowest BCUT2D eigenvalue weighted by atomic mass is 10.2. The molecule has 148 valence electrons. The second kappa shape index (κ2) is 10.1. The number of amides is 1. The van der Waals surface area contributed by atoms with Gasteiger partial charge in [0.2, 0.25) is 0 Å². The molecule has 0 radical (unpaired) electrons. The Morgan fingerprint density at radius 1 is 0.897 bits per heavy atom. The van der Waals surface area contributed by atoms with Crippen LogP contribution in [0.25, 0.3) is 0 Å². The Morgan fingerprint density at radius 2 is 1.52 bits per heavy atom. The van der Waals surface area contributed by atoms with E-state index in [1.807, 2.05) is 31.2 Å². The van der Waals surface area contributed by atoms with Gasteiger partial charge in [0.05, 0.1) is 12.8 Å². The zero-order valence-electron chi connectivity index (χ0n) is 16.6. The van der Waals surface area contributed by atoms with Crippen molar-refractivity contribution in [1.82, 2.24) is 5.43 Å². The van der Waals surface area contributed by atoms with Crippen LogP contribution in [0.4, 0.5) is 0 Å². The minimum absolute atomic E-state index is 0.276. The molecule has 0 heterocycles. The highest BCUT2D eigenvalue weighted by molar-refractivity contribution is 5.95. The summed E-state index contributed by atoms with van der Waals surface area (Å²) < 4.78 is 11.2. The van der Waals surface area contributed by atoms with Gasteiger partial charge in [0.25, 0.3) is 5.91 Å². The SMILES string of the molecule is CCOc1ccc(C(=O)N/N=C\c2ccc(OCc3ccc(C)cc3)cc2)cc1. The molecule has 3 rings (SSSR count). The monoisotopic (exact) mass is 388 g/mol. The highest BCUT2D eigenvalue weighted by atomic mass is 16.5. The quantitative estimate of drug-likeness (QED) is 0.448. The highest BCUT2D eigenvalue weighted by Crippen LogP contribution is 2.14. The smallest absolute Gasteiger partial charge is 0.271 e. The van der Waals surface area contributed by atoms with Crippen LogP contribution in [0.15, 0.2) is 77.9 Å². The summed E-state index contributed by atoms with van der Waals surface area (Å²) in [5, 5.41) is 4.01. The van der Waals surface area contributed by atoms with Crippen LogP contribution < -0.4 is 14.9 Å². The molecule has 3 aromatic rings. The molecule has 0 saturated heterocycles. The van der Waals surface area contributed by atoms with E-state index >= 15 is 0 Å². The molecule has 5 nitrogen and oxygen atoms in total. The summed E-state index contributed by atoms with van der Waals surface area (Å²) in [5.74, 6) is 1.24. The lowest BCUT2D eigenvalue weighted by molar-refractivity contribution is 0.0955. The van der Waals surface area contributed by atoms with Crippen molar-refractivity contribution in [3.63, 3.8) is 0 Å². The maximum absolute atomic E-state index is 12.1. The molecular weight excluding hydrogens is 364 g/mol. The molecule has 0 aliphatic rings. The zero-order valence-corrected chi connectivity index (χ0v) is 16.6. The summed E-state index contributed by atoms with van der Waals surface area (Å²) in [5.41, 5.74) is 6.25. The molecule has 29 heavy (non-hydrogen) atoms. The number of benzene rings is 3. The van der Waals surface area contributed by atoms with E-state index in [1.54, 1.807) is 30.5 Å². The highest BCUT2D eigenvalue weighted by Gasteiger charge is 2.04. The van der Waals surface area contributed by atoms with Gasteiger partial charge in [-0.05, 0) is 73.5 Å². The Kier molecular flexibility index (Phi) is 7.00. The van der Waals surface area contributed by atoms with Crippen LogP contribution in [-0.4, -0.2) is 18.7 Å². The van der Waals surface area contributed by atoms with Gasteiger partial charge in [-0.25, -0.2) is 5.43 Å². The number of hydrogen-bond donors (Lipinski definition) is 1. The number of ether oxygens (including phenoxy) is 2. The van der Waals surface area contributed by atoms with Crippen molar-refractivity contribution >= 4 is 12.1 Å². The molecule has 0 bridgehead atoms. The first-order chi connectivity index (χ1) is 14.1. The second-order valence-electron chi connectivity index (χ2n) is 6.50. The number of nitrogens with one attached hydrogen (secondary N) is 1. The second-order valence-corrected chi connectivity index (χ2v) is 6.50.